The summed E-state index contributed by atoms with van der Waals surface area (Å²) in [4.78, 5) is 11.8. The molecule has 18 heavy (non-hydrogen) atoms. The number of hydrogen-bond donors (Lipinski definition) is 0. The third-order valence-electron chi connectivity index (χ3n) is 5.30. The summed E-state index contributed by atoms with van der Waals surface area (Å²) in [5.74, 6) is 2.82. The highest BCUT2D eigenvalue weighted by atomic mass is 16.5. The van der Waals surface area contributed by atoms with Crippen molar-refractivity contribution in [2.45, 2.75) is 46.5 Å². The molecular weight excluding hydrogens is 224 g/mol. The van der Waals surface area contributed by atoms with E-state index < -0.39 is 0 Å². The van der Waals surface area contributed by atoms with Gasteiger partial charge in [-0.15, -0.1) is 0 Å². The molecule has 0 aliphatic heterocycles. The third-order valence-corrected chi connectivity index (χ3v) is 5.30. The van der Waals surface area contributed by atoms with Crippen LogP contribution in [0.2, 0.25) is 0 Å². The smallest absolute Gasteiger partial charge is 0.308 e. The third kappa shape index (κ3) is 2.48. The Balaban J connectivity index is 2.16. The molecule has 1 fully saturated rings. The molecule has 2 aliphatic rings. The van der Waals surface area contributed by atoms with Gasteiger partial charge in [0.2, 0.25) is 0 Å². The molecule has 0 aromatic carbocycles. The van der Waals surface area contributed by atoms with Crippen LogP contribution in [-0.2, 0) is 9.53 Å². The van der Waals surface area contributed by atoms with E-state index in [2.05, 4.69) is 26.8 Å². The molecule has 0 spiro atoms. The predicted octanol–water partition coefficient (Wildman–Crippen LogP) is 3.81. The summed E-state index contributed by atoms with van der Waals surface area (Å²) in [5, 5.41) is 0. The number of carbonyl (C=O) groups is 1. The van der Waals surface area contributed by atoms with E-state index in [1.807, 2.05) is 0 Å². The average molecular weight is 250 g/mol. The Bertz CT molecular complexity index is 345. The van der Waals surface area contributed by atoms with Crippen molar-refractivity contribution in [3.05, 3.63) is 11.6 Å². The molecule has 0 saturated heterocycles. The first kappa shape index (κ1) is 13.6. The number of ether oxygens (including phenoxy) is 1. The molecule has 0 unspecified atom stereocenters. The van der Waals surface area contributed by atoms with Crippen molar-refractivity contribution in [3.63, 3.8) is 0 Å². The van der Waals surface area contributed by atoms with Gasteiger partial charge in [-0.25, -0.2) is 0 Å². The van der Waals surface area contributed by atoms with Gasteiger partial charge in [-0.05, 0) is 49.9 Å². The van der Waals surface area contributed by atoms with E-state index in [1.165, 1.54) is 38.4 Å². The van der Waals surface area contributed by atoms with Crippen LogP contribution in [-0.4, -0.2) is 13.1 Å². The van der Waals surface area contributed by atoms with Crippen molar-refractivity contribution in [2.24, 2.45) is 29.6 Å². The van der Waals surface area contributed by atoms with Crippen LogP contribution in [0.3, 0.4) is 0 Å². The molecular formula is C16H26O2. The van der Waals surface area contributed by atoms with Crippen molar-refractivity contribution in [2.75, 3.05) is 7.11 Å². The van der Waals surface area contributed by atoms with Crippen molar-refractivity contribution in [1.82, 2.24) is 0 Å². The number of esters is 1. The molecule has 0 bridgehead atoms. The highest BCUT2D eigenvalue weighted by Crippen LogP contribution is 2.48. The largest absolute Gasteiger partial charge is 0.469 e. The van der Waals surface area contributed by atoms with Crippen LogP contribution in [0.1, 0.15) is 46.5 Å². The van der Waals surface area contributed by atoms with Gasteiger partial charge in [0.1, 0.15) is 0 Å². The zero-order chi connectivity index (χ0) is 13.3. The number of hydrogen-bond acceptors (Lipinski definition) is 2. The molecule has 2 rings (SSSR count). The lowest BCUT2D eigenvalue weighted by Crippen LogP contribution is -2.40. The van der Waals surface area contributed by atoms with Gasteiger partial charge in [0, 0.05) is 0 Å². The van der Waals surface area contributed by atoms with Crippen molar-refractivity contribution in [1.29, 1.82) is 0 Å². The van der Waals surface area contributed by atoms with Gasteiger partial charge >= 0.3 is 5.97 Å². The van der Waals surface area contributed by atoms with Crippen LogP contribution in [0.15, 0.2) is 11.6 Å². The Morgan fingerprint density at radius 3 is 2.78 bits per heavy atom. The number of rotatable bonds is 2. The SMILES string of the molecule is COC(=O)[C@H](C)[C@@H]1CC[C@@H](C)[C@@H]2CC=C(C)C[C@H]21. The standard InChI is InChI=1S/C16H26O2/c1-10-5-7-13-11(2)6-8-14(15(13)9-10)12(3)16(17)18-4/h5,11-15H,6-9H2,1-4H3/t11-,12-,13+,14+,15-/m1/s1. The number of carbonyl (C=O) groups excluding carboxylic acids is 1. The Hall–Kier alpha value is -0.790. The topological polar surface area (TPSA) is 26.3 Å². The highest BCUT2D eigenvalue weighted by molar-refractivity contribution is 5.72. The van der Waals surface area contributed by atoms with Crippen LogP contribution in [0.5, 0.6) is 0 Å². The van der Waals surface area contributed by atoms with Gasteiger partial charge < -0.3 is 4.74 Å². The van der Waals surface area contributed by atoms with E-state index in [0.717, 1.165) is 11.8 Å². The molecule has 102 valence electrons. The average Bonchev–Trinajstić information content (AvgIpc) is 2.37. The Morgan fingerprint density at radius 1 is 1.39 bits per heavy atom. The monoisotopic (exact) mass is 250 g/mol. The van der Waals surface area contributed by atoms with E-state index in [-0.39, 0.29) is 11.9 Å². The molecule has 2 aliphatic carbocycles. The Morgan fingerprint density at radius 2 is 2.11 bits per heavy atom. The second kappa shape index (κ2) is 5.46. The quantitative estimate of drug-likeness (QED) is 0.550. The second-order valence-corrected chi connectivity index (χ2v) is 6.35. The van der Waals surface area contributed by atoms with Crippen LogP contribution >= 0.6 is 0 Å². The van der Waals surface area contributed by atoms with Crippen LogP contribution in [0.25, 0.3) is 0 Å². The molecule has 5 atom stereocenters. The summed E-state index contributed by atoms with van der Waals surface area (Å²) < 4.78 is 4.95. The van der Waals surface area contributed by atoms with E-state index in [0.29, 0.717) is 11.8 Å². The zero-order valence-electron chi connectivity index (χ0n) is 12.1. The summed E-state index contributed by atoms with van der Waals surface area (Å²) in [5.41, 5.74) is 1.51. The molecule has 2 heteroatoms. The number of fused-ring (bicyclic) bond motifs is 1. The van der Waals surface area contributed by atoms with E-state index in [1.54, 1.807) is 0 Å². The Kier molecular flexibility index (Phi) is 4.14. The van der Waals surface area contributed by atoms with E-state index in [9.17, 15) is 4.79 Å². The number of methoxy groups -OCH3 is 1. The summed E-state index contributed by atoms with van der Waals surface area (Å²) in [6, 6.07) is 0. The molecule has 0 heterocycles. The molecule has 0 amide bonds. The number of allylic oxidation sites excluding steroid dienone is 2. The van der Waals surface area contributed by atoms with E-state index >= 15 is 0 Å². The van der Waals surface area contributed by atoms with Crippen molar-refractivity contribution >= 4 is 5.97 Å². The summed E-state index contributed by atoms with van der Waals surface area (Å²) in [6.07, 6.45) is 7.25. The lowest BCUT2D eigenvalue weighted by Gasteiger charge is -2.46. The molecule has 2 nitrogen and oxygen atoms in total. The molecule has 0 aromatic rings. The van der Waals surface area contributed by atoms with E-state index in [4.69, 9.17) is 4.74 Å². The molecule has 0 radical (unpaired) electrons. The van der Waals surface area contributed by atoms with Gasteiger partial charge in [-0.3, -0.25) is 4.79 Å². The van der Waals surface area contributed by atoms with Gasteiger partial charge in [0.25, 0.3) is 0 Å². The molecule has 1 saturated carbocycles. The van der Waals surface area contributed by atoms with Gasteiger partial charge in [-0.2, -0.15) is 0 Å². The van der Waals surface area contributed by atoms with Crippen molar-refractivity contribution < 1.29 is 9.53 Å². The molecule has 0 aromatic heterocycles. The second-order valence-electron chi connectivity index (χ2n) is 6.35. The van der Waals surface area contributed by atoms with Crippen molar-refractivity contribution in [3.8, 4) is 0 Å². The fourth-order valence-corrected chi connectivity index (χ4v) is 4.11. The van der Waals surface area contributed by atoms with Gasteiger partial charge in [0.05, 0.1) is 13.0 Å². The minimum Gasteiger partial charge on any atom is -0.469 e. The first-order valence-corrected chi connectivity index (χ1v) is 7.28. The zero-order valence-corrected chi connectivity index (χ0v) is 12.1. The minimum atomic E-state index is -0.0273. The first-order valence-electron chi connectivity index (χ1n) is 7.28. The summed E-state index contributed by atoms with van der Waals surface area (Å²) >= 11 is 0. The summed E-state index contributed by atoms with van der Waals surface area (Å²) in [6.45, 7) is 6.66. The Labute approximate surface area is 111 Å². The predicted molar refractivity (Wildman–Crippen MR) is 73.0 cm³/mol. The van der Waals surface area contributed by atoms with Crippen LogP contribution in [0.4, 0.5) is 0 Å². The minimum absolute atomic E-state index is 0.0273. The maximum Gasteiger partial charge on any atom is 0.308 e. The highest BCUT2D eigenvalue weighted by Gasteiger charge is 2.42. The summed E-state index contributed by atoms with van der Waals surface area (Å²) in [7, 11) is 1.51. The molecule has 0 N–H and O–H groups in total. The normalized spacial score (nSPS) is 37.4. The lowest BCUT2D eigenvalue weighted by molar-refractivity contribution is -0.149. The van der Waals surface area contributed by atoms with Crippen LogP contribution in [0, 0.1) is 29.6 Å². The fraction of sp³-hybridized carbons (Fsp3) is 0.812. The lowest BCUT2D eigenvalue weighted by atomic mass is 9.59. The fourth-order valence-electron chi connectivity index (χ4n) is 4.11. The first-order chi connectivity index (χ1) is 8.54. The van der Waals surface area contributed by atoms with Crippen LogP contribution < -0.4 is 0 Å². The maximum atomic E-state index is 11.8. The van der Waals surface area contributed by atoms with Gasteiger partial charge in [-0.1, -0.05) is 31.9 Å². The maximum absolute atomic E-state index is 11.8. The van der Waals surface area contributed by atoms with Gasteiger partial charge in [0.15, 0.2) is 0 Å².